The molecule has 7 nitrogen and oxygen atoms in total. The quantitative estimate of drug-likeness (QED) is 0.839. The molecule has 2 N–H and O–H groups in total. The molecule has 0 aromatic carbocycles. The van der Waals surface area contributed by atoms with Gasteiger partial charge in [0.2, 0.25) is 11.9 Å². The van der Waals surface area contributed by atoms with Crippen LogP contribution >= 0.6 is 0 Å². The molecule has 1 saturated heterocycles. The third kappa shape index (κ3) is 3.93. The SMILES string of the molecule is CCCOc1nc(N)nc(N2CCC(OCC)CC2)n1. The van der Waals surface area contributed by atoms with Crippen molar-refractivity contribution in [2.75, 3.05) is 36.9 Å². The Morgan fingerprint density at radius 2 is 1.95 bits per heavy atom. The second kappa shape index (κ2) is 7.23. The van der Waals surface area contributed by atoms with Crippen LogP contribution in [-0.4, -0.2) is 47.4 Å². The van der Waals surface area contributed by atoms with Gasteiger partial charge in [-0.2, -0.15) is 15.0 Å². The number of anilines is 2. The topological polar surface area (TPSA) is 86.4 Å². The maximum Gasteiger partial charge on any atom is 0.323 e. The Hall–Kier alpha value is -1.63. The molecule has 112 valence electrons. The summed E-state index contributed by atoms with van der Waals surface area (Å²) >= 11 is 0. The molecule has 1 aliphatic rings. The number of piperidine rings is 1. The Bertz CT molecular complexity index is 421. The van der Waals surface area contributed by atoms with Gasteiger partial charge in [0.25, 0.3) is 0 Å². The summed E-state index contributed by atoms with van der Waals surface area (Å²) in [4.78, 5) is 14.6. The first kappa shape index (κ1) is 14.8. The summed E-state index contributed by atoms with van der Waals surface area (Å²) in [6.45, 7) is 7.12. The first-order valence-corrected chi connectivity index (χ1v) is 7.23. The van der Waals surface area contributed by atoms with Gasteiger partial charge in [0, 0.05) is 19.7 Å². The van der Waals surface area contributed by atoms with E-state index in [4.69, 9.17) is 15.2 Å². The highest BCUT2D eigenvalue weighted by atomic mass is 16.5. The first-order chi connectivity index (χ1) is 9.72. The van der Waals surface area contributed by atoms with Gasteiger partial charge < -0.3 is 20.1 Å². The molecule has 7 heteroatoms. The lowest BCUT2D eigenvalue weighted by Crippen LogP contribution is -2.38. The summed E-state index contributed by atoms with van der Waals surface area (Å²) in [7, 11) is 0. The number of ether oxygens (including phenoxy) is 2. The highest BCUT2D eigenvalue weighted by Crippen LogP contribution is 2.20. The van der Waals surface area contributed by atoms with E-state index in [0.717, 1.165) is 39.0 Å². The monoisotopic (exact) mass is 281 g/mol. The second-order valence-electron chi connectivity index (χ2n) is 4.77. The maximum absolute atomic E-state index is 5.72. The van der Waals surface area contributed by atoms with Crippen LogP contribution in [0.1, 0.15) is 33.1 Å². The van der Waals surface area contributed by atoms with Gasteiger partial charge in [0.15, 0.2) is 0 Å². The first-order valence-electron chi connectivity index (χ1n) is 7.23. The molecule has 1 fully saturated rings. The highest BCUT2D eigenvalue weighted by molar-refractivity contribution is 5.36. The number of hydrogen-bond acceptors (Lipinski definition) is 7. The molecule has 0 aliphatic carbocycles. The Morgan fingerprint density at radius 1 is 1.20 bits per heavy atom. The second-order valence-corrected chi connectivity index (χ2v) is 4.77. The standard InChI is InChI=1S/C13H23N5O2/c1-3-9-20-13-16-11(14)15-12(17-13)18-7-5-10(6-8-18)19-4-2/h10H,3-9H2,1-2H3,(H2,14,15,16,17). The number of hydrogen-bond donors (Lipinski definition) is 1. The Labute approximate surface area is 119 Å². The normalized spacial score (nSPS) is 16.4. The number of nitrogens with two attached hydrogens (primary N) is 1. The van der Waals surface area contributed by atoms with Crippen molar-refractivity contribution in [3.05, 3.63) is 0 Å². The molecule has 0 spiro atoms. The van der Waals surface area contributed by atoms with E-state index in [1.807, 2.05) is 13.8 Å². The van der Waals surface area contributed by atoms with Crippen LogP contribution in [0.2, 0.25) is 0 Å². The lowest BCUT2D eigenvalue weighted by Gasteiger charge is -2.31. The molecular weight excluding hydrogens is 258 g/mol. The van der Waals surface area contributed by atoms with Crippen molar-refractivity contribution >= 4 is 11.9 Å². The summed E-state index contributed by atoms with van der Waals surface area (Å²) in [5, 5.41) is 0. The fraction of sp³-hybridized carbons (Fsp3) is 0.769. The lowest BCUT2D eigenvalue weighted by molar-refractivity contribution is 0.0457. The van der Waals surface area contributed by atoms with Gasteiger partial charge in [-0.15, -0.1) is 0 Å². The fourth-order valence-electron chi connectivity index (χ4n) is 2.22. The van der Waals surface area contributed by atoms with Crippen LogP contribution in [-0.2, 0) is 4.74 Å². The van der Waals surface area contributed by atoms with Crippen molar-refractivity contribution in [3.8, 4) is 6.01 Å². The van der Waals surface area contributed by atoms with Crippen LogP contribution in [0.4, 0.5) is 11.9 Å². The number of aromatic nitrogens is 3. The zero-order valence-corrected chi connectivity index (χ0v) is 12.2. The lowest BCUT2D eigenvalue weighted by atomic mass is 10.1. The maximum atomic E-state index is 5.72. The van der Waals surface area contributed by atoms with Crippen molar-refractivity contribution in [1.29, 1.82) is 0 Å². The average Bonchev–Trinajstić information content (AvgIpc) is 2.46. The molecule has 0 bridgehead atoms. The van der Waals surface area contributed by atoms with Gasteiger partial charge in [-0.3, -0.25) is 0 Å². The van der Waals surface area contributed by atoms with Gasteiger partial charge in [-0.25, -0.2) is 0 Å². The molecule has 0 atom stereocenters. The number of nitrogens with zero attached hydrogens (tertiary/aromatic N) is 4. The summed E-state index contributed by atoms with van der Waals surface area (Å²) in [5.74, 6) is 0.798. The smallest absolute Gasteiger partial charge is 0.323 e. The van der Waals surface area contributed by atoms with E-state index in [1.54, 1.807) is 0 Å². The number of nitrogen functional groups attached to an aromatic ring is 1. The number of rotatable bonds is 6. The van der Waals surface area contributed by atoms with Crippen molar-refractivity contribution in [2.45, 2.75) is 39.2 Å². The van der Waals surface area contributed by atoms with Crippen LogP contribution in [0, 0.1) is 0 Å². The minimum atomic E-state index is 0.202. The predicted molar refractivity (Wildman–Crippen MR) is 76.9 cm³/mol. The molecule has 2 heterocycles. The largest absolute Gasteiger partial charge is 0.463 e. The Kier molecular flexibility index (Phi) is 5.34. The summed E-state index contributed by atoms with van der Waals surface area (Å²) in [6.07, 6.45) is 3.20. The molecule has 0 radical (unpaired) electrons. The van der Waals surface area contributed by atoms with Crippen molar-refractivity contribution in [2.24, 2.45) is 0 Å². The van der Waals surface area contributed by atoms with E-state index in [-0.39, 0.29) is 5.95 Å². The van der Waals surface area contributed by atoms with Crippen molar-refractivity contribution < 1.29 is 9.47 Å². The Balaban J connectivity index is 2.00. The molecular formula is C13H23N5O2. The third-order valence-electron chi connectivity index (χ3n) is 3.18. The average molecular weight is 281 g/mol. The molecule has 1 aromatic heterocycles. The molecule has 0 saturated carbocycles. The summed E-state index contributed by atoms with van der Waals surface area (Å²) < 4.78 is 11.1. The van der Waals surface area contributed by atoms with Gasteiger partial charge >= 0.3 is 6.01 Å². The van der Waals surface area contributed by atoms with E-state index < -0.39 is 0 Å². The van der Waals surface area contributed by atoms with Gasteiger partial charge in [0.05, 0.1) is 12.7 Å². The fourth-order valence-corrected chi connectivity index (χ4v) is 2.22. The van der Waals surface area contributed by atoms with E-state index in [2.05, 4.69) is 19.9 Å². The van der Waals surface area contributed by atoms with E-state index in [0.29, 0.717) is 24.7 Å². The minimum Gasteiger partial charge on any atom is -0.463 e. The van der Waals surface area contributed by atoms with E-state index in [1.165, 1.54) is 0 Å². The van der Waals surface area contributed by atoms with Gasteiger partial charge in [-0.1, -0.05) is 6.92 Å². The summed E-state index contributed by atoms with van der Waals surface area (Å²) in [6, 6.07) is 0.307. The van der Waals surface area contributed by atoms with Gasteiger partial charge in [0.1, 0.15) is 0 Å². The molecule has 20 heavy (non-hydrogen) atoms. The van der Waals surface area contributed by atoms with Gasteiger partial charge in [-0.05, 0) is 26.2 Å². The zero-order chi connectivity index (χ0) is 14.4. The highest BCUT2D eigenvalue weighted by Gasteiger charge is 2.22. The minimum absolute atomic E-state index is 0.202. The predicted octanol–water partition coefficient (Wildman–Crippen LogP) is 1.25. The van der Waals surface area contributed by atoms with Crippen molar-refractivity contribution in [3.63, 3.8) is 0 Å². The molecule has 0 unspecified atom stereocenters. The van der Waals surface area contributed by atoms with Crippen LogP contribution in [0.5, 0.6) is 6.01 Å². The third-order valence-corrected chi connectivity index (χ3v) is 3.18. The Morgan fingerprint density at radius 3 is 2.60 bits per heavy atom. The summed E-state index contributed by atoms with van der Waals surface area (Å²) in [5.41, 5.74) is 5.72. The molecule has 0 amide bonds. The molecule has 1 aromatic rings. The van der Waals surface area contributed by atoms with Crippen LogP contribution < -0.4 is 15.4 Å². The molecule has 1 aliphatic heterocycles. The molecule has 2 rings (SSSR count). The van der Waals surface area contributed by atoms with E-state index in [9.17, 15) is 0 Å². The van der Waals surface area contributed by atoms with Crippen molar-refractivity contribution in [1.82, 2.24) is 15.0 Å². The zero-order valence-electron chi connectivity index (χ0n) is 12.2. The van der Waals surface area contributed by atoms with E-state index >= 15 is 0 Å². The van der Waals surface area contributed by atoms with Crippen LogP contribution in [0.25, 0.3) is 0 Å². The van der Waals surface area contributed by atoms with Crippen LogP contribution in [0.3, 0.4) is 0 Å². The van der Waals surface area contributed by atoms with Crippen LogP contribution in [0.15, 0.2) is 0 Å².